The Bertz CT molecular complexity index is 855. The molecular weight excluding hydrogens is 330 g/mol. The van der Waals surface area contributed by atoms with Crippen LogP contribution in [0.3, 0.4) is 0 Å². The van der Waals surface area contributed by atoms with E-state index in [0.717, 1.165) is 24.1 Å². The molecule has 0 atom stereocenters. The van der Waals surface area contributed by atoms with E-state index in [9.17, 15) is 4.79 Å². The molecule has 2 aromatic carbocycles. The molecule has 0 fully saturated rings. The molecule has 0 spiro atoms. The lowest BCUT2D eigenvalue weighted by molar-refractivity contribution is -0.111. The van der Waals surface area contributed by atoms with Crippen LogP contribution >= 0.6 is 0 Å². The van der Waals surface area contributed by atoms with Gasteiger partial charge in [0.15, 0.2) is 11.5 Å². The molecule has 2 aliphatic rings. The van der Waals surface area contributed by atoms with Gasteiger partial charge in [-0.25, -0.2) is 0 Å². The monoisotopic (exact) mass is 351 g/mol. The first kappa shape index (κ1) is 16.5. The second-order valence-corrected chi connectivity index (χ2v) is 6.41. The highest BCUT2D eigenvalue weighted by Gasteiger charge is 2.18. The summed E-state index contributed by atoms with van der Waals surface area (Å²) in [5.74, 6) is 1.67. The molecule has 0 radical (unpaired) electrons. The molecule has 1 amide bonds. The Morgan fingerprint density at radius 1 is 1.12 bits per heavy atom. The summed E-state index contributed by atoms with van der Waals surface area (Å²) in [6.07, 6.45) is 6.67. The normalized spacial score (nSPS) is 15.0. The van der Waals surface area contributed by atoms with Crippen molar-refractivity contribution in [2.24, 2.45) is 0 Å². The van der Waals surface area contributed by atoms with Crippen LogP contribution in [-0.2, 0) is 17.6 Å². The lowest BCUT2D eigenvalue weighted by atomic mass is 10.1. The van der Waals surface area contributed by atoms with Gasteiger partial charge in [0.05, 0.1) is 7.11 Å². The molecule has 0 bridgehead atoms. The van der Waals surface area contributed by atoms with Crippen molar-refractivity contribution >= 4 is 17.7 Å². The average molecular weight is 351 g/mol. The molecule has 26 heavy (non-hydrogen) atoms. The van der Waals surface area contributed by atoms with Crippen LogP contribution in [0.5, 0.6) is 17.2 Å². The zero-order valence-electron chi connectivity index (χ0n) is 14.7. The van der Waals surface area contributed by atoms with Crippen molar-refractivity contribution in [3.63, 3.8) is 0 Å². The molecule has 1 N–H and O–H groups in total. The lowest BCUT2D eigenvalue weighted by Crippen LogP contribution is -2.16. The lowest BCUT2D eigenvalue weighted by Gasteiger charge is -2.20. The van der Waals surface area contributed by atoms with E-state index in [-0.39, 0.29) is 5.91 Å². The van der Waals surface area contributed by atoms with Crippen LogP contribution in [0.4, 0.5) is 5.69 Å². The molecule has 0 unspecified atom stereocenters. The van der Waals surface area contributed by atoms with Crippen LogP contribution in [-0.4, -0.2) is 26.2 Å². The summed E-state index contributed by atoms with van der Waals surface area (Å²) < 4.78 is 16.6. The predicted molar refractivity (Wildman–Crippen MR) is 100 cm³/mol. The fourth-order valence-electron chi connectivity index (χ4n) is 3.40. The summed E-state index contributed by atoms with van der Waals surface area (Å²) >= 11 is 0. The zero-order chi connectivity index (χ0) is 17.9. The predicted octanol–water partition coefficient (Wildman–Crippen LogP) is 3.61. The van der Waals surface area contributed by atoms with E-state index in [1.165, 1.54) is 23.6 Å². The van der Waals surface area contributed by atoms with Gasteiger partial charge >= 0.3 is 0 Å². The van der Waals surface area contributed by atoms with Gasteiger partial charge in [0.1, 0.15) is 13.2 Å². The number of amides is 1. The number of benzene rings is 2. The maximum absolute atomic E-state index is 12.2. The first-order chi connectivity index (χ1) is 12.7. The van der Waals surface area contributed by atoms with Crippen molar-refractivity contribution in [1.82, 2.24) is 0 Å². The number of fused-ring (bicyclic) bond motifs is 2. The van der Waals surface area contributed by atoms with Crippen LogP contribution in [0.25, 0.3) is 6.08 Å². The molecule has 0 saturated carbocycles. The van der Waals surface area contributed by atoms with Crippen LogP contribution in [0.2, 0.25) is 0 Å². The number of carbonyl (C=O) groups is 1. The van der Waals surface area contributed by atoms with Gasteiger partial charge in [-0.2, -0.15) is 0 Å². The van der Waals surface area contributed by atoms with Gasteiger partial charge in [-0.05, 0) is 66.3 Å². The van der Waals surface area contributed by atoms with E-state index in [0.29, 0.717) is 30.5 Å². The Morgan fingerprint density at radius 3 is 2.85 bits per heavy atom. The highest BCUT2D eigenvalue weighted by atomic mass is 16.6. The minimum Gasteiger partial charge on any atom is -0.493 e. The van der Waals surface area contributed by atoms with E-state index in [1.807, 2.05) is 18.2 Å². The molecule has 1 aliphatic heterocycles. The van der Waals surface area contributed by atoms with Gasteiger partial charge in [0.2, 0.25) is 11.7 Å². The van der Waals surface area contributed by atoms with Crippen molar-refractivity contribution < 1.29 is 19.0 Å². The SMILES string of the molecule is COc1cc(C=CC(=O)Nc2ccc3c(c2)CCC3)cc2c1OCCO2. The minimum atomic E-state index is -0.170. The number of aryl methyl sites for hydroxylation is 2. The number of carbonyl (C=O) groups excluding carboxylic acids is 1. The van der Waals surface area contributed by atoms with E-state index in [4.69, 9.17) is 14.2 Å². The Balaban J connectivity index is 1.48. The molecule has 5 heteroatoms. The smallest absolute Gasteiger partial charge is 0.248 e. The first-order valence-corrected chi connectivity index (χ1v) is 8.81. The van der Waals surface area contributed by atoms with Crippen molar-refractivity contribution in [2.45, 2.75) is 19.3 Å². The Kier molecular flexibility index (Phi) is 4.52. The van der Waals surface area contributed by atoms with Crippen LogP contribution in [0, 0.1) is 0 Å². The standard InChI is InChI=1S/C21H21NO4/c1-24-18-11-14(12-19-21(18)26-10-9-25-19)5-8-20(23)22-17-7-6-15-3-2-4-16(15)13-17/h5-8,11-13H,2-4,9-10H2,1H3,(H,22,23). The van der Waals surface area contributed by atoms with Crippen molar-refractivity contribution in [3.05, 3.63) is 53.1 Å². The van der Waals surface area contributed by atoms with Gasteiger partial charge in [-0.3, -0.25) is 4.79 Å². The van der Waals surface area contributed by atoms with E-state index in [2.05, 4.69) is 17.4 Å². The van der Waals surface area contributed by atoms with Crippen molar-refractivity contribution in [3.8, 4) is 17.2 Å². The molecule has 134 valence electrons. The molecule has 4 rings (SSSR count). The fourth-order valence-corrected chi connectivity index (χ4v) is 3.40. The fraction of sp³-hybridized carbons (Fsp3) is 0.286. The number of hydrogen-bond acceptors (Lipinski definition) is 4. The molecule has 1 heterocycles. The Hall–Kier alpha value is -2.95. The summed E-state index contributed by atoms with van der Waals surface area (Å²) in [6, 6.07) is 9.81. The molecule has 0 aromatic heterocycles. The highest BCUT2D eigenvalue weighted by molar-refractivity contribution is 6.02. The number of ether oxygens (including phenoxy) is 3. The van der Waals surface area contributed by atoms with E-state index < -0.39 is 0 Å². The quantitative estimate of drug-likeness (QED) is 0.855. The minimum absolute atomic E-state index is 0.170. The number of rotatable bonds is 4. The van der Waals surface area contributed by atoms with Crippen LogP contribution < -0.4 is 19.5 Å². The van der Waals surface area contributed by atoms with E-state index >= 15 is 0 Å². The summed E-state index contributed by atoms with van der Waals surface area (Å²) in [5, 5.41) is 2.92. The van der Waals surface area contributed by atoms with Crippen molar-refractivity contribution in [2.75, 3.05) is 25.6 Å². The molecule has 2 aromatic rings. The molecule has 0 saturated heterocycles. The highest BCUT2D eigenvalue weighted by Crippen LogP contribution is 2.40. The maximum Gasteiger partial charge on any atom is 0.248 e. The summed E-state index contributed by atoms with van der Waals surface area (Å²) in [6.45, 7) is 1.00. The third-order valence-electron chi connectivity index (χ3n) is 4.64. The molecule has 5 nitrogen and oxygen atoms in total. The van der Waals surface area contributed by atoms with Gasteiger partial charge in [0, 0.05) is 11.8 Å². The van der Waals surface area contributed by atoms with Gasteiger partial charge < -0.3 is 19.5 Å². The Labute approximate surface area is 152 Å². The number of anilines is 1. The maximum atomic E-state index is 12.2. The van der Waals surface area contributed by atoms with Gasteiger partial charge in [0.25, 0.3) is 0 Å². The van der Waals surface area contributed by atoms with Crippen LogP contribution in [0.15, 0.2) is 36.4 Å². The van der Waals surface area contributed by atoms with Gasteiger partial charge in [-0.1, -0.05) is 6.07 Å². The van der Waals surface area contributed by atoms with E-state index in [1.54, 1.807) is 13.2 Å². The number of hydrogen-bond donors (Lipinski definition) is 1. The number of methoxy groups -OCH3 is 1. The topological polar surface area (TPSA) is 56.8 Å². The summed E-state index contributed by atoms with van der Waals surface area (Å²) in [5.41, 5.74) is 4.38. The second-order valence-electron chi connectivity index (χ2n) is 6.41. The first-order valence-electron chi connectivity index (χ1n) is 8.81. The third kappa shape index (κ3) is 3.38. The third-order valence-corrected chi connectivity index (χ3v) is 4.64. The largest absolute Gasteiger partial charge is 0.493 e. The summed E-state index contributed by atoms with van der Waals surface area (Å²) in [4.78, 5) is 12.2. The zero-order valence-corrected chi connectivity index (χ0v) is 14.7. The van der Waals surface area contributed by atoms with Gasteiger partial charge in [-0.15, -0.1) is 0 Å². The summed E-state index contributed by atoms with van der Waals surface area (Å²) in [7, 11) is 1.58. The molecule has 1 aliphatic carbocycles. The molecular formula is C21H21NO4. The van der Waals surface area contributed by atoms with Crippen LogP contribution in [0.1, 0.15) is 23.1 Å². The second kappa shape index (κ2) is 7.12. The average Bonchev–Trinajstić information content (AvgIpc) is 3.13. The Morgan fingerprint density at radius 2 is 1.96 bits per heavy atom. The van der Waals surface area contributed by atoms with Crippen molar-refractivity contribution in [1.29, 1.82) is 0 Å². The number of nitrogens with one attached hydrogen (secondary N) is 1.